The van der Waals surface area contributed by atoms with Gasteiger partial charge in [0.25, 0.3) is 0 Å². The molecule has 1 saturated heterocycles. The lowest BCUT2D eigenvalue weighted by Crippen LogP contribution is -3.12. The lowest BCUT2D eigenvalue weighted by atomic mass is 10.0. The van der Waals surface area contributed by atoms with Crippen LogP contribution >= 0.6 is 12.2 Å². The van der Waals surface area contributed by atoms with Crippen LogP contribution in [0.4, 0.5) is 0 Å². The quantitative estimate of drug-likeness (QED) is 0.709. The molecule has 0 amide bonds. The lowest BCUT2D eigenvalue weighted by Gasteiger charge is -2.28. The Morgan fingerprint density at radius 1 is 1.12 bits per heavy atom. The third kappa shape index (κ3) is 3.16. The van der Waals surface area contributed by atoms with E-state index in [9.17, 15) is 0 Å². The summed E-state index contributed by atoms with van der Waals surface area (Å²) in [5.41, 5.74) is 4.84. The SMILES string of the molecule is Cc1cccc(-n2c(=S)n(C[NH+]3CCC[C@H](C)C3)c3ccccc32)c1. The summed E-state index contributed by atoms with van der Waals surface area (Å²) in [6, 6.07) is 17.2. The number of hydrogen-bond acceptors (Lipinski definition) is 1. The Labute approximate surface area is 154 Å². The Morgan fingerprint density at radius 3 is 2.68 bits per heavy atom. The Kier molecular flexibility index (Phi) is 4.48. The highest BCUT2D eigenvalue weighted by molar-refractivity contribution is 7.71. The molecular weight excluding hydrogens is 326 g/mol. The van der Waals surface area contributed by atoms with E-state index in [1.54, 1.807) is 4.90 Å². The number of likely N-dealkylation sites (tertiary alicyclic amines) is 1. The molecule has 0 radical (unpaired) electrons. The maximum Gasteiger partial charge on any atom is 0.189 e. The summed E-state index contributed by atoms with van der Waals surface area (Å²) in [6.45, 7) is 7.95. The molecule has 2 aromatic carbocycles. The minimum absolute atomic E-state index is 0.808. The molecule has 0 bridgehead atoms. The van der Waals surface area contributed by atoms with Gasteiger partial charge in [0.2, 0.25) is 0 Å². The Morgan fingerprint density at radius 2 is 1.92 bits per heavy atom. The van der Waals surface area contributed by atoms with Crippen LogP contribution in [0.1, 0.15) is 25.3 Å². The highest BCUT2D eigenvalue weighted by Crippen LogP contribution is 2.22. The molecule has 1 aliphatic heterocycles. The number of hydrogen-bond donors (Lipinski definition) is 1. The number of benzene rings is 2. The van der Waals surface area contributed by atoms with Crippen molar-refractivity contribution in [2.24, 2.45) is 5.92 Å². The predicted molar refractivity (Wildman–Crippen MR) is 106 cm³/mol. The van der Waals surface area contributed by atoms with Gasteiger partial charge in [-0.25, -0.2) is 0 Å². The number of fused-ring (bicyclic) bond motifs is 1. The molecule has 1 aromatic heterocycles. The van der Waals surface area contributed by atoms with E-state index in [0.717, 1.165) is 23.0 Å². The van der Waals surface area contributed by atoms with Crippen LogP contribution < -0.4 is 4.90 Å². The van der Waals surface area contributed by atoms with Gasteiger partial charge in [-0.15, -0.1) is 0 Å². The highest BCUT2D eigenvalue weighted by atomic mass is 32.1. The normalized spacial score (nSPS) is 20.9. The van der Waals surface area contributed by atoms with Crippen molar-refractivity contribution in [1.82, 2.24) is 9.13 Å². The molecule has 1 N–H and O–H groups in total. The van der Waals surface area contributed by atoms with Gasteiger partial charge >= 0.3 is 0 Å². The van der Waals surface area contributed by atoms with Crippen molar-refractivity contribution in [3.63, 3.8) is 0 Å². The summed E-state index contributed by atoms with van der Waals surface area (Å²) in [5.74, 6) is 0.808. The largest absolute Gasteiger partial charge is 0.317 e. The van der Waals surface area contributed by atoms with Gasteiger partial charge in [0.05, 0.1) is 24.1 Å². The molecule has 130 valence electrons. The fourth-order valence-electron chi connectivity index (χ4n) is 4.14. The zero-order chi connectivity index (χ0) is 17.4. The molecule has 1 aliphatic rings. The standard InChI is InChI=1S/C21H25N3S/c1-16-7-5-9-18(13-16)24-20-11-4-3-10-19(20)23(21(24)25)15-22-12-6-8-17(2)14-22/h3-5,7,9-11,13,17H,6,8,12,14-15H2,1-2H3/p+1/t17-/m0/s1. The smallest absolute Gasteiger partial charge is 0.189 e. The molecule has 0 saturated carbocycles. The minimum atomic E-state index is 0.808. The van der Waals surface area contributed by atoms with Crippen molar-refractivity contribution in [3.05, 3.63) is 58.9 Å². The number of rotatable bonds is 3. The van der Waals surface area contributed by atoms with E-state index in [4.69, 9.17) is 12.2 Å². The van der Waals surface area contributed by atoms with E-state index in [1.807, 2.05) is 0 Å². The molecule has 4 heteroatoms. The number of imidazole rings is 1. The fraction of sp³-hybridized carbons (Fsp3) is 0.381. The molecule has 25 heavy (non-hydrogen) atoms. The zero-order valence-electron chi connectivity index (χ0n) is 15.0. The number of nitrogens with zero attached hydrogens (tertiary/aromatic N) is 2. The van der Waals surface area contributed by atoms with E-state index in [1.165, 1.54) is 42.5 Å². The van der Waals surface area contributed by atoms with Crippen molar-refractivity contribution in [2.75, 3.05) is 13.1 Å². The first kappa shape index (κ1) is 16.6. The molecule has 1 unspecified atom stereocenters. The number of nitrogens with one attached hydrogen (secondary N) is 1. The van der Waals surface area contributed by atoms with E-state index < -0.39 is 0 Å². The van der Waals surface area contributed by atoms with Gasteiger partial charge in [-0.1, -0.05) is 31.2 Å². The fourth-order valence-corrected chi connectivity index (χ4v) is 4.51. The Balaban J connectivity index is 1.83. The van der Waals surface area contributed by atoms with Crippen LogP contribution in [-0.4, -0.2) is 22.2 Å². The van der Waals surface area contributed by atoms with Crippen molar-refractivity contribution >= 4 is 23.3 Å². The monoisotopic (exact) mass is 352 g/mol. The number of para-hydroxylation sites is 2. The molecule has 3 nitrogen and oxygen atoms in total. The molecule has 2 heterocycles. The van der Waals surface area contributed by atoms with Crippen LogP contribution in [0.3, 0.4) is 0 Å². The topological polar surface area (TPSA) is 14.3 Å². The van der Waals surface area contributed by atoms with Crippen LogP contribution in [-0.2, 0) is 6.67 Å². The van der Waals surface area contributed by atoms with Gasteiger partial charge in [0.15, 0.2) is 11.4 Å². The van der Waals surface area contributed by atoms with Crippen molar-refractivity contribution in [2.45, 2.75) is 33.4 Å². The van der Waals surface area contributed by atoms with Gasteiger partial charge in [0, 0.05) is 11.6 Å². The molecule has 0 aliphatic carbocycles. The van der Waals surface area contributed by atoms with Gasteiger partial charge < -0.3 is 4.90 Å². The summed E-state index contributed by atoms with van der Waals surface area (Å²) in [7, 11) is 0. The first-order chi connectivity index (χ1) is 12.1. The van der Waals surface area contributed by atoms with Crippen molar-refractivity contribution in [3.8, 4) is 5.69 Å². The van der Waals surface area contributed by atoms with Crippen LogP contribution in [0.15, 0.2) is 48.5 Å². The maximum atomic E-state index is 5.93. The third-order valence-electron chi connectivity index (χ3n) is 5.34. The Hall–Kier alpha value is -1.91. The number of quaternary nitrogens is 1. The number of aromatic nitrogens is 2. The summed E-state index contributed by atoms with van der Waals surface area (Å²) >= 11 is 5.93. The van der Waals surface area contributed by atoms with E-state index >= 15 is 0 Å². The highest BCUT2D eigenvalue weighted by Gasteiger charge is 2.22. The molecule has 3 aromatic rings. The minimum Gasteiger partial charge on any atom is -0.317 e. The van der Waals surface area contributed by atoms with Crippen molar-refractivity contribution < 1.29 is 4.90 Å². The van der Waals surface area contributed by atoms with Gasteiger partial charge in [0.1, 0.15) is 0 Å². The third-order valence-corrected chi connectivity index (χ3v) is 5.74. The van der Waals surface area contributed by atoms with Gasteiger partial charge in [-0.3, -0.25) is 9.13 Å². The number of aryl methyl sites for hydroxylation is 1. The zero-order valence-corrected chi connectivity index (χ0v) is 15.9. The van der Waals surface area contributed by atoms with Crippen LogP contribution in [0, 0.1) is 17.6 Å². The predicted octanol–water partition coefficient (Wildman–Crippen LogP) is 3.74. The summed E-state index contributed by atoms with van der Waals surface area (Å²) in [6.07, 6.45) is 2.68. The van der Waals surface area contributed by atoms with Crippen LogP contribution in [0.25, 0.3) is 16.7 Å². The molecule has 1 fully saturated rings. The summed E-state index contributed by atoms with van der Waals surface area (Å²) < 4.78 is 5.46. The molecule has 4 rings (SSSR count). The van der Waals surface area contributed by atoms with Crippen LogP contribution in [0.2, 0.25) is 0 Å². The average molecular weight is 353 g/mol. The van der Waals surface area contributed by atoms with Crippen molar-refractivity contribution in [1.29, 1.82) is 0 Å². The Bertz CT molecular complexity index is 953. The lowest BCUT2D eigenvalue weighted by molar-refractivity contribution is -0.930. The first-order valence-electron chi connectivity index (χ1n) is 9.24. The van der Waals surface area contributed by atoms with E-state index in [0.29, 0.717) is 0 Å². The number of piperidine rings is 1. The second-order valence-electron chi connectivity index (χ2n) is 7.48. The summed E-state index contributed by atoms with van der Waals surface area (Å²) in [5, 5.41) is 0. The molecule has 2 atom stereocenters. The second-order valence-corrected chi connectivity index (χ2v) is 7.85. The summed E-state index contributed by atoms with van der Waals surface area (Å²) in [4.78, 5) is 1.64. The second kappa shape index (κ2) is 6.77. The average Bonchev–Trinajstić information content (AvgIpc) is 2.87. The van der Waals surface area contributed by atoms with Crippen LogP contribution in [0.5, 0.6) is 0 Å². The molecule has 0 spiro atoms. The van der Waals surface area contributed by atoms with Gasteiger partial charge in [-0.05, 0) is 61.8 Å². The van der Waals surface area contributed by atoms with E-state index in [2.05, 4.69) is 71.5 Å². The first-order valence-corrected chi connectivity index (χ1v) is 9.65. The van der Waals surface area contributed by atoms with Gasteiger partial charge in [-0.2, -0.15) is 0 Å². The maximum absolute atomic E-state index is 5.93. The van der Waals surface area contributed by atoms with E-state index in [-0.39, 0.29) is 0 Å². The molecular formula is C21H26N3S+.